The zero-order valence-corrected chi connectivity index (χ0v) is 16.6. The normalized spacial score (nSPS) is 22.1. The van der Waals surface area contributed by atoms with Crippen molar-refractivity contribution >= 4 is 17.6 Å². The zero-order valence-electron chi connectivity index (χ0n) is 16.6. The van der Waals surface area contributed by atoms with Crippen LogP contribution in [0.3, 0.4) is 0 Å². The maximum absolute atomic E-state index is 12.7. The van der Waals surface area contributed by atoms with Crippen molar-refractivity contribution in [3.8, 4) is 11.5 Å². The fraction of sp³-hybridized carbons (Fsp3) is 0.600. The van der Waals surface area contributed by atoms with Crippen molar-refractivity contribution in [3.63, 3.8) is 0 Å². The van der Waals surface area contributed by atoms with Crippen LogP contribution in [0.15, 0.2) is 18.2 Å². The van der Waals surface area contributed by atoms with E-state index in [9.17, 15) is 9.59 Å². The summed E-state index contributed by atoms with van der Waals surface area (Å²) < 4.78 is 11.1. The van der Waals surface area contributed by atoms with Crippen LogP contribution in [0.25, 0.3) is 0 Å². The van der Waals surface area contributed by atoms with Gasteiger partial charge in [-0.1, -0.05) is 0 Å². The van der Waals surface area contributed by atoms with Crippen molar-refractivity contribution in [3.05, 3.63) is 18.2 Å². The van der Waals surface area contributed by atoms with Crippen LogP contribution in [0.4, 0.5) is 10.5 Å². The highest BCUT2D eigenvalue weighted by atomic mass is 16.5. The topological polar surface area (TPSA) is 97.1 Å². The number of rotatable bonds is 6. The molecule has 28 heavy (non-hydrogen) atoms. The van der Waals surface area contributed by atoms with Crippen molar-refractivity contribution < 1.29 is 19.1 Å². The minimum absolute atomic E-state index is 0.0512. The largest absolute Gasteiger partial charge is 0.497 e. The Kier molecular flexibility index (Phi) is 6.61. The Bertz CT molecular complexity index is 711. The van der Waals surface area contributed by atoms with Crippen LogP contribution >= 0.6 is 0 Å². The lowest BCUT2D eigenvalue weighted by molar-refractivity contribution is -0.123. The number of ether oxygens (including phenoxy) is 2. The van der Waals surface area contributed by atoms with Crippen LogP contribution in [0.2, 0.25) is 0 Å². The number of carbonyl (C=O) groups is 2. The summed E-state index contributed by atoms with van der Waals surface area (Å²) in [6.45, 7) is 5.54. The lowest BCUT2D eigenvalue weighted by atomic mass is 9.97. The number of carbonyl (C=O) groups excluding carboxylic acids is 2. The number of likely N-dealkylation sites (tertiary alicyclic amines) is 1. The van der Waals surface area contributed by atoms with E-state index in [2.05, 4.69) is 10.2 Å². The highest BCUT2D eigenvalue weighted by molar-refractivity contribution is 5.94. The van der Waals surface area contributed by atoms with Gasteiger partial charge in [-0.25, -0.2) is 4.79 Å². The number of benzene rings is 1. The molecule has 0 bridgehead atoms. The maximum Gasteiger partial charge on any atom is 0.322 e. The second-order valence-corrected chi connectivity index (χ2v) is 7.50. The molecule has 2 aliphatic rings. The molecule has 1 fully saturated rings. The molecular formula is C20H30N4O4. The number of primary amides is 1. The molecule has 1 saturated heterocycles. The first-order chi connectivity index (χ1) is 13.5. The highest BCUT2D eigenvalue weighted by Gasteiger charge is 2.28. The molecule has 0 aliphatic carbocycles. The molecule has 154 valence electrons. The summed E-state index contributed by atoms with van der Waals surface area (Å²) in [4.78, 5) is 28.1. The van der Waals surface area contributed by atoms with Crippen molar-refractivity contribution in [2.75, 3.05) is 44.7 Å². The standard InChI is InChI=1S/C20H30N4O4/c1-14-12-24(17-11-16(27-2)6-7-18(17)28-14)20(26)22-8-4-10-23-9-3-5-15(13-23)19(21)25/h6-7,11,14-15H,3-5,8-10,12-13H2,1-2H3,(H2,21,25)(H,22,26)/t14-,15+/m0/s1. The number of amides is 3. The molecule has 1 aromatic carbocycles. The summed E-state index contributed by atoms with van der Waals surface area (Å²) >= 11 is 0. The molecule has 8 heteroatoms. The van der Waals surface area contributed by atoms with Crippen molar-refractivity contribution in [1.82, 2.24) is 10.2 Å². The summed E-state index contributed by atoms with van der Waals surface area (Å²) in [5.74, 6) is 1.10. The van der Waals surface area contributed by atoms with Gasteiger partial charge in [0.1, 0.15) is 17.6 Å². The number of nitrogens with one attached hydrogen (secondary N) is 1. The van der Waals surface area contributed by atoms with E-state index < -0.39 is 0 Å². The zero-order chi connectivity index (χ0) is 20.1. The van der Waals surface area contributed by atoms with Crippen molar-refractivity contribution in [2.45, 2.75) is 32.3 Å². The summed E-state index contributed by atoms with van der Waals surface area (Å²) in [5, 5.41) is 3.00. The Hall–Kier alpha value is -2.48. The van der Waals surface area contributed by atoms with E-state index in [1.165, 1.54) is 0 Å². The van der Waals surface area contributed by atoms with E-state index >= 15 is 0 Å². The fourth-order valence-electron chi connectivity index (χ4n) is 3.82. The average Bonchev–Trinajstić information content (AvgIpc) is 2.70. The van der Waals surface area contributed by atoms with Crippen LogP contribution in [-0.2, 0) is 4.79 Å². The van der Waals surface area contributed by atoms with E-state index in [1.807, 2.05) is 25.1 Å². The summed E-state index contributed by atoms with van der Waals surface area (Å²) in [6, 6.07) is 5.33. The fourth-order valence-corrected chi connectivity index (χ4v) is 3.82. The Morgan fingerprint density at radius 2 is 2.18 bits per heavy atom. The van der Waals surface area contributed by atoms with Crippen LogP contribution in [0, 0.1) is 5.92 Å². The van der Waals surface area contributed by atoms with E-state index in [0.29, 0.717) is 24.6 Å². The highest BCUT2D eigenvalue weighted by Crippen LogP contribution is 2.36. The Labute approximate surface area is 165 Å². The molecule has 1 aromatic rings. The molecule has 2 atom stereocenters. The molecule has 2 aliphatic heterocycles. The minimum Gasteiger partial charge on any atom is -0.497 e. The van der Waals surface area contributed by atoms with Gasteiger partial charge in [0.25, 0.3) is 0 Å². The van der Waals surface area contributed by atoms with E-state index in [0.717, 1.165) is 44.6 Å². The minimum atomic E-state index is -0.214. The van der Waals surface area contributed by atoms with Gasteiger partial charge in [-0.3, -0.25) is 9.69 Å². The lowest BCUT2D eigenvalue weighted by Gasteiger charge is -2.34. The number of methoxy groups -OCH3 is 1. The maximum atomic E-state index is 12.7. The van der Waals surface area contributed by atoms with Gasteiger partial charge in [-0.2, -0.15) is 0 Å². The van der Waals surface area contributed by atoms with Gasteiger partial charge in [-0.05, 0) is 51.4 Å². The van der Waals surface area contributed by atoms with Crippen molar-refractivity contribution in [1.29, 1.82) is 0 Å². The van der Waals surface area contributed by atoms with Crippen LogP contribution in [0.1, 0.15) is 26.2 Å². The number of piperidine rings is 1. The summed E-state index contributed by atoms with van der Waals surface area (Å²) in [7, 11) is 1.60. The van der Waals surface area contributed by atoms with Gasteiger partial charge in [0.2, 0.25) is 5.91 Å². The second kappa shape index (κ2) is 9.14. The number of urea groups is 1. The van der Waals surface area contributed by atoms with Crippen molar-refractivity contribution in [2.24, 2.45) is 11.7 Å². The molecule has 8 nitrogen and oxygen atoms in total. The summed E-state index contributed by atoms with van der Waals surface area (Å²) in [6.07, 6.45) is 2.61. The Morgan fingerprint density at radius 1 is 1.36 bits per heavy atom. The quantitative estimate of drug-likeness (QED) is 0.719. The van der Waals surface area contributed by atoms with E-state index in [-0.39, 0.29) is 24.0 Å². The smallest absolute Gasteiger partial charge is 0.322 e. The SMILES string of the molecule is COc1ccc2c(c1)N(C(=O)NCCCN1CCC[C@@H](C(N)=O)C1)C[C@H](C)O2. The van der Waals surface area contributed by atoms with Crippen LogP contribution in [0.5, 0.6) is 11.5 Å². The number of nitrogens with zero attached hydrogens (tertiary/aromatic N) is 2. The lowest BCUT2D eigenvalue weighted by Crippen LogP contribution is -2.48. The first kappa shape index (κ1) is 20.3. The second-order valence-electron chi connectivity index (χ2n) is 7.50. The third kappa shape index (κ3) is 4.86. The number of hydrogen-bond acceptors (Lipinski definition) is 5. The summed E-state index contributed by atoms with van der Waals surface area (Å²) in [5.41, 5.74) is 6.15. The number of anilines is 1. The number of hydrogen-bond donors (Lipinski definition) is 2. The first-order valence-corrected chi connectivity index (χ1v) is 9.89. The average molecular weight is 390 g/mol. The third-order valence-electron chi connectivity index (χ3n) is 5.31. The Morgan fingerprint density at radius 3 is 2.93 bits per heavy atom. The van der Waals surface area contributed by atoms with E-state index in [4.69, 9.17) is 15.2 Å². The van der Waals surface area contributed by atoms with Gasteiger partial charge >= 0.3 is 6.03 Å². The van der Waals surface area contributed by atoms with Gasteiger partial charge in [-0.15, -0.1) is 0 Å². The monoisotopic (exact) mass is 390 g/mol. The molecule has 2 heterocycles. The van der Waals surface area contributed by atoms with E-state index in [1.54, 1.807) is 12.0 Å². The Balaban J connectivity index is 1.51. The molecular weight excluding hydrogens is 360 g/mol. The predicted molar refractivity (Wildman–Crippen MR) is 107 cm³/mol. The number of fused-ring (bicyclic) bond motifs is 1. The van der Waals surface area contributed by atoms with Gasteiger partial charge in [0, 0.05) is 19.2 Å². The van der Waals surface area contributed by atoms with Gasteiger partial charge in [0.15, 0.2) is 0 Å². The van der Waals surface area contributed by atoms with Gasteiger partial charge < -0.3 is 25.4 Å². The molecule has 0 radical (unpaired) electrons. The molecule has 3 N–H and O–H groups in total. The molecule has 0 aromatic heterocycles. The molecule has 0 spiro atoms. The first-order valence-electron chi connectivity index (χ1n) is 9.89. The van der Waals surface area contributed by atoms with Crippen LogP contribution in [-0.4, -0.2) is 62.8 Å². The molecule has 0 unspecified atom stereocenters. The predicted octanol–water partition coefficient (Wildman–Crippen LogP) is 1.58. The van der Waals surface area contributed by atoms with Gasteiger partial charge in [0.05, 0.1) is 25.3 Å². The third-order valence-corrected chi connectivity index (χ3v) is 5.31. The molecule has 3 amide bonds. The van der Waals surface area contributed by atoms with Crippen LogP contribution < -0.4 is 25.4 Å². The molecule has 0 saturated carbocycles. The molecule has 3 rings (SSSR count). The number of nitrogens with two attached hydrogens (primary N) is 1.